The molecule has 0 aliphatic carbocycles. The van der Waals surface area contributed by atoms with Gasteiger partial charge in [-0.15, -0.1) is 5.10 Å². The van der Waals surface area contributed by atoms with Gasteiger partial charge in [-0.3, -0.25) is 0 Å². The van der Waals surface area contributed by atoms with Gasteiger partial charge in [0.15, 0.2) is 5.82 Å². The number of nitrogens with one attached hydrogen (secondary N) is 1. The van der Waals surface area contributed by atoms with Crippen molar-refractivity contribution in [3.8, 4) is 5.75 Å². The predicted octanol–water partition coefficient (Wildman–Crippen LogP) is 2.38. The topological polar surface area (TPSA) is 63.2 Å². The first-order valence-electron chi connectivity index (χ1n) is 7.58. The van der Waals surface area contributed by atoms with Crippen LogP contribution in [0.3, 0.4) is 0 Å². The number of rotatable bonds is 8. The van der Waals surface area contributed by atoms with Gasteiger partial charge in [-0.2, -0.15) is 10.1 Å². The molecule has 0 amide bonds. The van der Waals surface area contributed by atoms with Gasteiger partial charge in [0.25, 0.3) is 0 Å². The Morgan fingerprint density at radius 2 is 1.95 bits per heavy atom. The van der Waals surface area contributed by atoms with Gasteiger partial charge in [-0.05, 0) is 31.9 Å². The lowest BCUT2D eigenvalue weighted by Gasteiger charge is -2.18. The number of aromatic nitrogens is 3. The Morgan fingerprint density at radius 3 is 2.68 bits per heavy atom. The van der Waals surface area contributed by atoms with E-state index >= 15 is 0 Å². The third kappa shape index (κ3) is 4.07. The molecule has 0 atom stereocenters. The molecule has 0 aliphatic heterocycles. The molecule has 1 aromatic carbocycles. The molecule has 1 aromatic heterocycles. The molecule has 0 unspecified atom stereocenters. The zero-order valence-corrected chi connectivity index (χ0v) is 13.4. The third-order valence-corrected chi connectivity index (χ3v) is 3.49. The van der Waals surface area contributed by atoms with Crippen LogP contribution in [-0.4, -0.2) is 41.9 Å². The molecule has 2 rings (SSSR count). The monoisotopic (exact) mass is 301 g/mol. The minimum Gasteiger partial charge on any atom is -0.496 e. The molecular formula is C16H23N5O. The van der Waals surface area contributed by atoms with Gasteiger partial charge in [0.2, 0.25) is 5.95 Å². The van der Waals surface area contributed by atoms with Crippen LogP contribution in [0.1, 0.15) is 19.4 Å². The Bertz CT molecular complexity index is 586. The quantitative estimate of drug-likeness (QED) is 0.807. The maximum Gasteiger partial charge on any atom is 0.247 e. The van der Waals surface area contributed by atoms with Crippen LogP contribution in [0.15, 0.2) is 30.5 Å². The lowest BCUT2D eigenvalue weighted by Crippen LogP contribution is -2.25. The predicted molar refractivity (Wildman–Crippen MR) is 88.6 cm³/mol. The molecule has 1 heterocycles. The molecule has 2 aromatic rings. The van der Waals surface area contributed by atoms with Crippen molar-refractivity contribution < 1.29 is 4.74 Å². The van der Waals surface area contributed by atoms with Crippen molar-refractivity contribution >= 4 is 11.8 Å². The third-order valence-electron chi connectivity index (χ3n) is 3.49. The number of hydrogen-bond acceptors (Lipinski definition) is 6. The fourth-order valence-corrected chi connectivity index (χ4v) is 2.25. The minimum absolute atomic E-state index is 0.660. The van der Waals surface area contributed by atoms with E-state index in [-0.39, 0.29) is 0 Å². The van der Waals surface area contributed by atoms with E-state index in [1.54, 1.807) is 13.3 Å². The average molecular weight is 301 g/mol. The molecule has 0 saturated heterocycles. The standard InChI is InChI=1S/C16H23N5O/c1-4-21(5-2)16-19-15(12-18-20-16)17-11-10-13-8-6-7-9-14(13)22-3/h6-9,12H,4-5,10-11H2,1-3H3,(H,17,19,20). The van der Waals surface area contributed by atoms with Crippen LogP contribution < -0.4 is 15.0 Å². The van der Waals surface area contributed by atoms with Crippen molar-refractivity contribution in [3.05, 3.63) is 36.0 Å². The van der Waals surface area contributed by atoms with E-state index in [1.807, 2.05) is 18.2 Å². The highest BCUT2D eigenvalue weighted by Crippen LogP contribution is 2.17. The van der Waals surface area contributed by atoms with Crippen LogP contribution in [0.4, 0.5) is 11.8 Å². The second kappa shape index (κ2) is 8.17. The maximum absolute atomic E-state index is 5.36. The first-order chi connectivity index (χ1) is 10.8. The highest BCUT2D eigenvalue weighted by Gasteiger charge is 2.07. The van der Waals surface area contributed by atoms with Gasteiger partial charge in [-0.25, -0.2) is 0 Å². The van der Waals surface area contributed by atoms with Gasteiger partial charge in [0, 0.05) is 19.6 Å². The summed E-state index contributed by atoms with van der Waals surface area (Å²) in [5, 5.41) is 11.4. The van der Waals surface area contributed by atoms with Crippen LogP contribution in [0.25, 0.3) is 0 Å². The van der Waals surface area contributed by atoms with E-state index in [2.05, 4.69) is 45.3 Å². The summed E-state index contributed by atoms with van der Waals surface area (Å²) in [5.74, 6) is 2.31. The van der Waals surface area contributed by atoms with Gasteiger partial charge < -0.3 is 15.0 Å². The summed E-state index contributed by atoms with van der Waals surface area (Å²) in [6.07, 6.45) is 2.50. The molecule has 6 nitrogen and oxygen atoms in total. The Kier molecular flexibility index (Phi) is 5.94. The maximum atomic E-state index is 5.36. The molecule has 0 fully saturated rings. The summed E-state index contributed by atoms with van der Waals surface area (Å²) in [6.45, 7) is 6.64. The Balaban J connectivity index is 1.96. The molecule has 0 radical (unpaired) electrons. The second-order valence-electron chi connectivity index (χ2n) is 4.80. The van der Waals surface area contributed by atoms with Gasteiger partial charge in [0.05, 0.1) is 13.3 Å². The zero-order valence-electron chi connectivity index (χ0n) is 13.4. The molecular weight excluding hydrogens is 278 g/mol. The zero-order chi connectivity index (χ0) is 15.8. The number of benzene rings is 1. The lowest BCUT2D eigenvalue weighted by molar-refractivity contribution is 0.410. The van der Waals surface area contributed by atoms with Crippen molar-refractivity contribution in [1.82, 2.24) is 15.2 Å². The Hall–Kier alpha value is -2.37. The van der Waals surface area contributed by atoms with E-state index in [1.165, 1.54) is 5.56 Å². The smallest absolute Gasteiger partial charge is 0.247 e. The Morgan fingerprint density at radius 1 is 1.18 bits per heavy atom. The average Bonchev–Trinajstić information content (AvgIpc) is 2.57. The first kappa shape index (κ1) is 16.0. The summed E-state index contributed by atoms with van der Waals surface area (Å²) < 4.78 is 5.36. The minimum atomic E-state index is 0.660. The number of methoxy groups -OCH3 is 1. The summed E-state index contributed by atoms with van der Waals surface area (Å²) in [4.78, 5) is 6.57. The first-order valence-corrected chi connectivity index (χ1v) is 7.58. The van der Waals surface area contributed by atoms with Crippen molar-refractivity contribution in [2.75, 3.05) is 37.0 Å². The summed E-state index contributed by atoms with van der Waals surface area (Å²) in [6, 6.07) is 8.03. The highest BCUT2D eigenvalue weighted by atomic mass is 16.5. The number of ether oxygens (including phenoxy) is 1. The highest BCUT2D eigenvalue weighted by molar-refractivity contribution is 5.39. The SMILES string of the molecule is CCN(CC)c1nncc(NCCc2ccccc2OC)n1. The normalized spacial score (nSPS) is 10.3. The van der Waals surface area contributed by atoms with Crippen LogP contribution in [0.5, 0.6) is 5.75 Å². The van der Waals surface area contributed by atoms with E-state index in [4.69, 9.17) is 4.74 Å². The van der Waals surface area contributed by atoms with E-state index in [9.17, 15) is 0 Å². The fraction of sp³-hybridized carbons (Fsp3) is 0.438. The van der Waals surface area contributed by atoms with Gasteiger partial charge in [-0.1, -0.05) is 18.2 Å². The van der Waals surface area contributed by atoms with Crippen LogP contribution in [-0.2, 0) is 6.42 Å². The second-order valence-corrected chi connectivity index (χ2v) is 4.80. The number of nitrogens with zero attached hydrogens (tertiary/aromatic N) is 4. The van der Waals surface area contributed by atoms with Crippen LogP contribution in [0, 0.1) is 0 Å². The molecule has 0 saturated carbocycles. The number of anilines is 2. The molecule has 6 heteroatoms. The van der Waals surface area contributed by atoms with Crippen molar-refractivity contribution in [3.63, 3.8) is 0 Å². The summed E-state index contributed by atoms with van der Waals surface area (Å²) in [7, 11) is 1.69. The Labute approximate surface area is 131 Å². The van der Waals surface area contributed by atoms with Crippen molar-refractivity contribution in [1.29, 1.82) is 0 Å². The van der Waals surface area contributed by atoms with Crippen LogP contribution in [0.2, 0.25) is 0 Å². The molecule has 0 spiro atoms. The van der Waals surface area contributed by atoms with Gasteiger partial charge in [0.1, 0.15) is 5.75 Å². The van der Waals surface area contributed by atoms with E-state index < -0.39 is 0 Å². The fourth-order valence-electron chi connectivity index (χ4n) is 2.25. The van der Waals surface area contributed by atoms with E-state index in [0.29, 0.717) is 5.95 Å². The van der Waals surface area contributed by atoms with Gasteiger partial charge >= 0.3 is 0 Å². The molecule has 22 heavy (non-hydrogen) atoms. The van der Waals surface area contributed by atoms with Crippen molar-refractivity contribution in [2.24, 2.45) is 0 Å². The lowest BCUT2D eigenvalue weighted by atomic mass is 10.1. The molecule has 0 aliphatic rings. The van der Waals surface area contributed by atoms with Crippen molar-refractivity contribution in [2.45, 2.75) is 20.3 Å². The summed E-state index contributed by atoms with van der Waals surface area (Å²) in [5.41, 5.74) is 1.17. The van der Waals surface area contributed by atoms with E-state index in [0.717, 1.165) is 37.6 Å². The number of hydrogen-bond donors (Lipinski definition) is 1. The molecule has 118 valence electrons. The number of para-hydroxylation sites is 1. The molecule has 1 N–H and O–H groups in total. The molecule has 0 bridgehead atoms. The largest absolute Gasteiger partial charge is 0.496 e. The van der Waals surface area contributed by atoms with Crippen LogP contribution >= 0.6 is 0 Å². The summed E-state index contributed by atoms with van der Waals surface area (Å²) >= 11 is 0.